The van der Waals surface area contributed by atoms with Crippen molar-refractivity contribution in [2.45, 2.75) is 18.8 Å². The summed E-state index contributed by atoms with van der Waals surface area (Å²) in [7, 11) is 0. The van der Waals surface area contributed by atoms with Crippen LogP contribution in [0, 0.1) is 0 Å². The normalized spacial score (nSPS) is 16.8. The molecule has 0 atom stereocenters. The maximum atomic E-state index is 9.09. The summed E-state index contributed by atoms with van der Waals surface area (Å²) in [6.45, 7) is 0. The first-order valence-corrected chi connectivity index (χ1v) is 3.86. The van der Waals surface area contributed by atoms with Crippen LogP contribution < -0.4 is 0 Å². The summed E-state index contributed by atoms with van der Waals surface area (Å²) >= 11 is 5.53. The van der Waals surface area contributed by atoms with Crippen molar-refractivity contribution in [3.05, 3.63) is 17.0 Å². The summed E-state index contributed by atoms with van der Waals surface area (Å²) in [5, 5.41) is 9.31. The number of nitrogens with zero attached hydrogens (tertiary/aromatic N) is 2. The topological polar surface area (TPSA) is 46.0 Å². The van der Waals surface area contributed by atoms with E-state index in [1.54, 1.807) is 0 Å². The van der Waals surface area contributed by atoms with Crippen LogP contribution in [0.25, 0.3) is 0 Å². The predicted molar refractivity (Wildman–Crippen MR) is 40.7 cm³/mol. The first-order chi connectivity index (χ1) is 5.27. The van der Waals surface area contributed by atoms with Gasteiger partial charge in [0.25, 0.3) is 0 Å². The molecule has 0 aromatic carbocycles. The average Bonchev–Trinajstić information content (AvgIpc) is 2.77. The van der Waals surface area contributed by atoms with Gasteiger partial charge in [0.05, 0.1) is 6.20 Å². The van der Waals surface area contributed by atoms with Gasteiger partial charge in [0.1, 0.15) is 10.8 Å². The molecule has 1 aliphatic carbocycles. The van der Waals surface area contributed by atoms with Crippen LogP contribution in [0.15, 0.2) is 6.20 Å². The predicted octanol–water partition coefficient (Wildman–Crippen LogP) is 1.71. The van der Waals surface area contributed by atoms with E-state index in [2.05, 4.69) is 9.97 Å². The van der Waals surface area contributed by atoms with E-state index in [-0.39, 0.29) is 10.9 Å². The Morgan fingerprint density at radius 3 is 2.82 bits per heavy atom. The minimum absolute atomic E-state index is 0.108. The molecule has 0 amide bonds. The van der Waals surface area contributed by atoms with Gasteiger partial charge in [-0.15, -0.1) is 0 Å². The second-order valence-corrected chi connectivity index (χ2v) is 3.08. The van der Waals surface area contributed by atoms with Crippen LogP contribution in [0.3, 0.4) is 0 Å². The van der Waals surface area contributed by atoms with Crippen molar-refractivity contribution in [1.82, 2.24) is 9.97 Å². The van der Waals surface area contributed by atoms with Gasteiger partial charge in [0, 0.05) is 5.92 Å². The Labute approximate surface area is 69.1 Å². The van der Waals surface area contributed by atoms with Crippen LogP contribution in [0.1, 0.15) is 24.6 Å². The molecule has 1 aliphatic rings. The van der Waals surface area contributed by atoms with E-state index in [4.69, 9.17) is 16.7 Å². The molecule has 0 radical (unpaired) electrons. The lowest BCUT2D eigenvalue weighted by atomic mass is 10.4. The van der Waals surface area contributed by atoms with E-state index in [9.17, 15) is 0 Å². The number of rotatable bonds is 1. The van der Waals surface area contributed by atoms with Gasteiger partial charge < -0.3 is 5.11 Å². The summed E-state index contributed by atoms with van der Waals surface area (Å²) < 4.78 is 0. The largest absolute Gasteiger partial charge is 0.492 e. The third-order valence-corrected chi connectivity index (χ3v) is 1.95. The van der Waals surface area contributed by atoms with E-state index in [0.29, 0.717) is 11.7 Å². The minimum Gasteiger partial charge on any atom is -0.492 e. The highest BCUT2D eigenvalue weighted by molar-refractivity contribution is 6.31. The molecule has 0 unspecified atom stereocenters. The minimum atomic E-state index is -0.108. The highest BCUT2D eigenvalue weighted by Crippen LogP contribution is 2.38. The molecule has 2 rings (SSSR count). The molecule has 1 saturated carbocycles. The van der Waals surface area contributed by atoms with Gasteiger partial charge in [-0.2, -0.15) is 4.98 Å². The van der Waals surface area contributed by atoms with Crippen molar-refractivity contribution >= 4 is 11.6 Å². The fourth-order valence-corrected chi connectivity index (χ4v) is 1.00. The molecule has 3 nitrogen and oxygen atoms in total. The first kappa shape index (κ1) is 6.85. The van der Waals surface area contributed by atoms with Crippen LogP contribution in [-0.2, 0) is 0 Å². The Hall–Kier alpha value is -0.830. The van der Waals surface area contributed by atoms with Gasteiger partial charge >= 0.3 is 0 Å². The molecule has 1 aromatic heterocycles. The molecule has 1 heterocycles. The lowest BCUT2D eigenvalue weighted by molar-refractivity contribution is 0.449. The Bertz CT molecular complexity index is 286. The van der Waals surface area contributed by atoms with Gasteiger partial charge in [-0.1, -0.05) is 11.6 Å². The molecule has 1 N–H and O–H groups in total. The van der Waals surface area contributed by atoms with E-state index in [0.717, 1.165) is 12.8 Å². The fourth-order valence-electron chi connectivity index (χ4n) is 0.910. The van der Waals surface area contributed by atoms with E-state index in [1.165, 1.54) is 6.20 Å². The quantitative estimate of drug-likeness (QED) is 0.698. The van der Waals surface area contributed by atoms with Gasteiger partial charge in [0.2, 0.25) is 5.88 Å². The molecular formula is C7H7ClN2O. The molecular weight excluding hydrogens is 164 g/mol. The van der Waals surface area contributed by atoms with Crippen molar-refractivity contribution in [3.8, 4) is 5.88 Å². The molecule has 0 aliphatic heterocycles. The highest BCUT2D eigenvalue weighted by atomic mass is 35.5. The fraction of sp³-hybridized carbons (Fsp3) is 0.429. The Balaban J connectivity index is 2.36. The van der Waals surface area contributed by atoms with Crippen molar-refractivity contribution < 1.29 is 5.11 Å². The van der Waals surface area contributed by atoms with E-state index in [1.807, 2.05) is 0 Å². The molecule has 11 heavy (non-hydrogen) atoms. The molecule has 1 aromatic rings. The lowest BCUT2D eigenvalue weighted by Crippen LogP contribution is -1.90. The summed E-state index contributed by atoms with van der Waals surface area (Å²) in [6.07, 6.45) is 3.69. The lowest BCUT2D eigenvalue weighted by Gasteiger charge is -1.97. The molecule has 4 heteroatoms. The zero-order valence-corrected chi connectivity index (χ0v) is 6.54. The third-order valence-electron chi connectivity index (χ3n) is 1.69. The van der Waals surface area contributed by atoms with Crippen molar-refractivity contribution in [2.75, 3.05) is 0 Å². The summed E-state index contributed by atoms with van der Waals surface area (Å²) in [4.78, 5) is 7.85. The van der Waals surface area contributed by atoms with Crippen LogP contribution in [0.4, 0.5) is 0 Å². The molecule has 0 bridgehead atoms. The standard InChI is InChI=1S/C7H7ClN2O/c8-5-3-9-6(4-1-2-4)10-7(5)11/h3-4H,1-2H2,(H,9,10,11). The Morgan fingerprint density at radius 1 is 1.55 bits per heavy atom. The number of hydrogen-bond acceptors (Lipinski definition) is 3. The van der Waals surface area contributed by atoms with Crippen LogP contribution in [-0.4, -0.2) is 15.1 Å². The SMILES string of the molecule is Oc1nc(C2CC2)ncc1Cl. The highest BCUT2D eigenvalue weighted by Gasteiger charge is 2.26. The zero-order valence-electron chi connectivity index (χ0n) is 5.79. The van der Waals surface area contributed by atoms with E-state index >= 15 is 0 Å². The molecule has 58 valence electrons. The number of hydrogen-bond donors (Lipinski definition) is 1. The number of halogens is 1. The number of aromatic nitrogens is 2. The van der Waals surface area contributed by atoms with Gasteiger partial charge in [-0.3, -0.25) is 0 Å². The smallest absolute Gasteiger partial charge is 0.233 e. The zero-order chi connectivity index (χ0) is 7.84. The van der Waals surface area contributed by atoms with Crippen LogP contribution >= 0.6 is 11.6 Å². The Morgan fingerprint density at radius 2 is 2.27 bits per heavy atom. The number of aromatic hydroxyl groups is 1. The Kier molecular flexibility index (Phi) is 1.46. The maximum Gasteiger partial charge on any atom is 0.233 e. The van der Waals surface area contributed by atoms with Crippen molar-refractivity contribution in [3.63, 3.8) is 0 Å². The average molecular weight is 171 g/mol. The molecule has 1 fully saturated rings. The van der Waals surface area contributed by atoms with Gasteiger partial charge in [-0.25, -0.2) is 4.98 Å². The van der Waals surface area contributed by atoms with Gasteiger partial charge in [-0.05, 0) is 12.8 Å². The third kappa shape index (κ3) is 1.28. The van der Waals surface area contributed by atoms with Crippen LogP contribution in [0.5, 0.6) is 5.88 Å². The molecule has 0 spiro atoms. The van der Waals surface area contributed by atoms with E-state index < -0.39 is 0 Å². The van der Waals surface area contributed by atoms with Crippen molar-refractivity contribution in [1.29, 1.82) is 0 Å². The monoisotopic (exact) mass is 170 g/mol. The summed E-state index contributed by atoms with van der Waals surface area (Å²) in [5.41, 5.74) is 0. The van der Waals surface area contributed by atoms with Gasteiger partial charge in [0.15, 0.2) is 0 Å². The first-order valence-electron chi connectivity index (χ1n) is 3.49. The summed E-state index contributed by atoms with van der Waals surface area (Å²) in [5.74, 6) is 1.06. The maximum absolute atomic E-state index is 9.09. The summed E-state index contributed by atoms with van der Waals surface area (Å²) in [6, 6.07) is 0. The van der Waals surface area contributed by atoms with Crippen LogP contribution in [0.2, 0.25) is 5.02 Å². The molecule has 0 saturated heterocycles. The second-order valence-electron chi connectivity index (χ2n) is 2.67. The second kappa shape index (κ2) is 2.34. The van der Waals surface area contributed by atoms with Crippen molar-refractivity contribution in [2.24, 2.45) is 0 Å².